The number of hydrogen-bond acceptors (Lipinski definition) is 2. The molecule has 108 valence electrons. The van der Waals surface area contributed by atoms with Crippen molar-refractivity contribution in [2.75, 3.05) is 13.1 Å². The van der Waals surface area contributed by atoms with Gasteiger partial charge in [-0.05, 0) is 56.0 Å². The Kier molecular flexibility index (Phi) is 3.30. The lowest BCUT2D eigenvalue weighted by Gasteiger charge is -2.37. The number of nitrogens with zero attached hydrogens (tertiary/aromatic N) is 1. The minimum Gasteiger partial charge on any atom is -0.487 e. The summed E-state index contributed by atoms with van der Waals surface area (Å²) < 4.78 is 7.57. The Bertz CT molecular complexity index is 514. The average molecular weight is 336 g/mol. The number of likely N-dealkylation sites (tertiary alicyclic amines) is 1. The molecule has 1 unspecified atom stereocenters. The molecule has 0 N–H and O–H groups in total. The van der Waals surface area contributed by atoms with Gasteiger partial charge >= 0.3 is 0 Å². The van der Waals surface area contributed by atoms with E-state index in [0.717, 1.165) is 18.2 Å². The monoisotopic (exact) mass is 335 g/mol. The van der Waals surface area contributed by atoms with Crippen molar-refractivity contribution in [3.05, 3.63) is 28.2 Å². The van der Waals surface area contributed by atoms with Gasteiger partial charge in [0.15, 0.2) is 0 Å². The van der Waals surface area contributed by atoms with E-state index in [4.69, 9.17) is 4.74 Å². The Labute approximate surface area is 129 Å². The van der Waals surface area contributed by atoms with Crippen molar-refractivity contribution >= 4 is 15.9 Å². The highest BCUT2D eigenvalue weighted by Crippen LogP contribution is 2.42. The zero-order valence-corrected chi connectivity index (χ0v) is 13.5. The maximum atomic E-state index is 6.40. The molecule has 1 saturated carbocycles. The van der Waals surface area contributed by atoms with Crippen molar-refractivity contribution in [2.24, 2.45) is 0 Å². The van der Waals surface area contributed by atoms with Crippen LogP contribution >= 0.6 is 15.9 Å². The fourth-order valence-corrected chi connectivity index (χ4v) is 4.39. The highest BCUT2D eigenvalue weighted by Gasteiger charge is 2.41. The Hall–Kier alpha value is -0.540. The largest absolute Gasteiger partial charge is 0.487 e. The van der Waals surface area contributed by atoms with Gasteiger partial charge in [-0.1, -0.05) is 22.4 Å². The van der Waals surface area contributed by atoms with Gasteiger partial charge in [-0.3, -0.25) is 0 Å². The van der Waals surface area contributed by atoms with E-state index in [1.165, 1.54) is 61.7 Å². The molecule has 3 heteroatoms. The Balaban J connectivity index is 1.49. The number of fused-ring (bicyclic) bond motifs is 1. The van der Waals surface area contributed by atoms with Gasteiger partial charge in [-0.2, -0.15) is 0 Å². The van der Waals surface area contributed by atoms with Crippen molar-refractivity contribution < 1.29 is 4.74 Å². The van der Waals surface area contributed by atoms with Crippen molar-refractivity contribution in [3.8, 4) is 5.75 Å². The lowest BCUT2D eigenvalue weighted by molar-refractivity contribution is 0.0694. The van der Waals surface area contributed by atoms with Crippen LogP contribution in [0.4, 0.5) is 0 Å². The van der Waals surface area contributed by atoms with Crippen LogP contribution in [-0.2, 0) is 6.42 Å². The molecule has 1 saturated heterocycles. The van der Waals surface area contributed by atoms with E-state index in [0.29, 0.717) is 0 Å². The molecule has 0 bridgehead atoms. The van der Waals surface area contributed by atoms with E-state index in [1.807, 2.05) is 0 Å². The molecule has 1 aromatic carbocycles. The number of benzene rings is 1. The smallest absolute Gasteiger partial charge is 0.123 e. The van der Waals surface area contributed by atoms with Gasteiger partial charge in [0.05, 0.1) is 0 Å². The molecule has 1 aliphatic carbocycles. The third-order valence-electron chi connectivity index (χ3n) is 5.39. The summed E-state index contributed by atoms with van der Waals surface area (Å²) in [6.07, 6.45) is 9.05. The molecular formula is C17H22BrNO. The fraction of sp³-hybridized carbons (Fsp3) is 0.647. The van der Waals surface area contributed by atoms with E-state index in [-0.39, 0.29) is 5.60 Å². The summed E-state index contributed by atoms with van der Waals surface area (Å²) in [7, 11) is 0. The molecule has 3 aliphatic rings. The molecule has 2 nitrogen and oxygen atoms in total. The van der Waals surface area contributed by atoms with Crippen LogP contribution in [0.2, 0.25) is 0 Å². The maximum Gasteiger partial charge on any atom is 0.123 e. The predicted molar refractivity (Wildman–Crippen MR) is 84.3 cm³/mol. The summed E-state index contributed by atoms with van der Waals surface area (Å²) >= 11 is 3.57. The summed E-state index contributed by atoms with van der Waals surface area (Å²) in [6, 6.07) is 7.33. The molecule has 1 atom stereocenters. The highest BCUT2D eigenvalue weighted by molar-refractivity contribution is 9.10. The van der Waals surface area contributed by atoms with E-state index < -0.39 is 0 Å². The molecule has 1 spiro atoms. The van der Waals surface area contributed by atoms with Crippen LogP contribution in [-0.4, -0.2) is 29.6 Å². The van der Waals surface area contributed by atoms with Crippen LogP contribution in [0.3, 0.4) is 0 Å². The van der Waals surface area contributed by atoms with Gasteiger partial charge in [0.1, 0.15) is 11.4 Å². The van der Waals surface area contributed by atoms with E-state index in [2.05, 4.69) is 39.0 Å². The molecular weight excluding hydrogens is 314 g/mol. The number of ether oxygens (including phenoxy) is 1. The molecule has 2 heterocycles. The third-order valence-corrected chi connectivity index (χ3v) is 5.88. The normalized spacial score (nSPS) is 30.6. The van der Waals surface area contributed by atoms with Crippen LogP contribution in [0.25, 0.3) is 0 Å². The first-order valence-corrected chi connectivity index (χ1v) is 8.75. The second-order valence-corrected chi connectivity index (χ2v) is 7.60. The van der Waals surface area contributed by atoms with Crippen LogP contribution in [0.1, 0.15) is 44.1 Å². The standard InChI is InChI=1S/C17H22BrNO/c18-14-5-6-16-13(11-14)12-17(20-16)7-2-9-19(10-8-17)15-3-1-4-15/h5-6,11,15H,1-4,7-10,12H2. The van der Waals surface area contributed by atoms with Gasteiger partial charge in [0.25, 0.3) is 0 Å². The second kappa shape index (κ2) is 5.03. The lowest BCUT2D eigenvalue weighted by atomic mass is 9.89. The van der Waals surface area contributed by atoms with E-state index in [9.17, 15) is 0 Å². The Morgan fingerprint density at radius 3 is 2.85 bits per heavy atom. The summed E-state index contributed by atoms with van der Waals surface area (Å²) in [5.74, 6) is 1.12. The Morgan fingerprint density at radius 2 is 2.05 bits per heavy atom. The topological polar surface area (TPSA) is 12.5 Å². The summed E-state index contributed by atoms with van der Waals surface area (Å²) in [6.45, 7) is 2.50. The van der Waals surface area contributed by atoms with Gasteiger partial charge in [-0.25, -0.2) is 0 Å². The first-order valence-electron chi connectivity index (χ1n) is 7.96. The zero-order valence-electron chi connectivity index (χ0n) is 11.9. The molecule has 1 aromatic rings. The van der Waals surface area contributed by atoms with Gasteiger partial charge in [0, 0.05) is 29.9 Å². The van der Waals surface area contributed by atoms with Crippen LogP contribution < -0.4 is 4.74 Å². The summed E-state index contributed by atoms with van der Waals surface area (Å²) in [5.41, 5.74) is 1.47. The first kappa shape index (κ1) is 13.1. The van der Waals surface area contributed by atoms with E-state index in [1.54, 1.807) is 0 Å². The molecule has 0 amide bonds. The second-order valence-electron chi connectivity index (χ2n) is 6.69. The number of rotatable bonds is 1. The van der Waals surface area contributed by atoms with Crippen molar-refractivity contribution in [1.82, 2.24) is 4.90 Å². The molecule has 2 aliphatic heterocycles. The molecule has 0 aromatic heterocycles. The lowest BCUT2D eigenvalue weighted by Crippen LogP contribution is -2.42. The summed E-state index contributed by atoms with van der Waals surface area (Å²) in [5, 5.41) is 0. The van der Waals surface area contributed by atoms with Crippen molar-refractivity contribution in [2.45, 2.75) is 56.6 Å². The fourth-order valence-electron chi connectivity index (χ4n) is 3.99. The first-order chi connectivity index (χ1) is 9.74. The van der Waals surface area contributed by atoms with Crippen LogP contribution in [0.5, 0.6) is 5.75 Å². The predicted octanol–water partition coefficient (Wildman–Crippen LogP) is 4.16. The highest BCUT2D eigenvalue weighted by atomic mass is 79.9. The van der Waals surface area contributed by atoms with Gasteiger partial charge < -0.3 is 9.64 Å². The third kappa shape index (κ3) is 2.29. The minimum atomic E-state index is 0.0849. The van der Waals surface area contributed by atoms with Crippen molar-refractivity contribution in [3.63, 3.8) is 0 Å². The van der Waals surface area contributed by atoms with Gasteiger partial charge in [0.2, 0.25) is 0 Å². The van der Waals surface area contributed by atoms with E-state index >= 15 is 0 Å². The quantitative estimate of drug-likeness (QED) is 0.763. The zero-order chi connectivity index (χ0) is 13.6. The Morgan fingerprint density at radius 1 is 1.15 bits per heavy atom. The molecule has 0 radical (unpaired) electrons. The SMILES string of the molecule is Brc1ccc2c(c1)CC1(CCCN(C3CCC3)CC1)O2. The molecule has 20 heavy (non-hydrogen) atoms. The van der Waals surface area contributed by atoms with Crippen LogP contribution in [0, 0.1) is 0 Å². The number of halogens is 1. The maximum absolute atomic E-state index is 6.40. The average Bonchev–Trinajstić information content (AvgIpc) is 2.59. The molecule has 2 fully saturated rings. The van der Waals surface area contributed by atoms with Crippen molar-refractivity contribution in [1.29, 1.82) is 0 Å². The van der Waals surface area contributed by atoms with Gasteiger partial charge in [-0.15, -0.1) is 0 Å². The minimum absolute atomic E-state index is 0.0849. The number of hydrogen-bond donors (Lipinski definition) is 0. The molecule has 4 rings (SSSR count). The summed E-state index contributed by atoms with van der Waals surface area (Å²) in [4.78, 5) is 2.72. The van der Waals surface area contributed by atoms with Crippen LogP contribution in [0.15, 0.2) is 22.7 Å².